The Balaban J connectivity index is 1.64. The van der Waals surface area contributed by atoms with Gasteiger partial charge in [0.2, 0.25) is 11.9 Å². The molecule has 2 aromatic rings. The first-order chi connectivity index (χ1) is 16.2. The first kappa shape index (κ1) is 24.0. The van der Waals surface area contributed by atoms with Gasteiger partial charge in [0.25, 0.3) is 5.91 Å². The highest BCUT2D eigenvalue weighted by Gasteiger charge is 2.35. The lowest BCUT2D eigenvalue weighted by molar-refractivity contribution is -0.129. The number of nitrogens with one attached hydrogen (secondary N) is 1. The molecule has 8 heteroatoms. The Morgan fingerprint density at radius 1 is 0.941 bits per heavy atom. The van der Waals surface area contributed by atoms with Crippen molar-refractivity contribution in [2.75, 3.05) is 36.4 Å². The average Bonchev–Trinajstić information content (AvgIpc) is 3.16. The largest absolute Gasteiger partial charge is 0.363 e. The van der Waals surface area contributed by atoms with E-state index >= 15 is 0 Å². The topological polar surface area (TPSA) is 81.7 Å². The zero-order valence-corrected chi connectivity index (χ0v) is 21.1. The van der Waals surface area contributed by atoms with E-state index in [-0.39, 0.29) is 23.9 Å². The van der Waals surface area contributed by atoms with Crippen molar-refractivity contribution < 1.29 is 9.59 Å². The maximum atomic E-state index is 13.2. The second-order valence-electron chi connectivity index (χ2n) is 9.91. The highest BCUT2D eigenvalue weighted by molar-refractivity contribution is 5.98. The monoisotopic (exact) mass is 464 g/mol. The number of anilines is 2. The van der Waals surface area contributed by atoms with Crippen LogP contribution < -0.4 is 10.2 Å². The van der Waals surface area contributed by atoms with E-state index in [9.17, 15) is 9.59 Å². The summed E-state index contributed by atoms with van der Waals surface area (Å²) in [5, 5.41) is 3.57. The van der Waals surface area contributed by atoms with Crippen molar-refractivity contribution in [2.24, 2.45) is 0 Å². The van der Waals surface area contributed by atoms with Crippen LogP contribution in [0.5, 0.6) is 0 Å². The third kappa shape index (κ3) is 4.72. The molecule has 1 atom stereocenters. The van der Waals surface area contributed by atoms with Gasteiger partial charge in [-0.2, -0.15) is 4.98 Å². The van der Waals surface area contributed by atoms with Crippen LogP contribution in [0.3, 0.4) is 0 Å². The molecule has 8 nitrogen and oxygen atoms in total. The van der Waals surface area contributed by atoms with Gasteiger partial charge in [-0.05, 0) is 37.8 Å². The summed E-state index contributed by atoms with van der Waals surface area (Å²) in [5.74, 6) is 1.78. The molecule has 0 aliphatic carbocycles. The summed E-state index contributed by atoms with van der Waals surface area (Å²) < 4.78 is 0. The fourth-order valence-corrected chi connectivity index (χ4v) is 4.53. The molecule has 2 amide bonds. The lowest BCUT2D eigenvalue weighted by atomic mass is 9.99. The van der Waals surface area contributed by atoms with Crippen molar-refractivity contribution in [3.8, 4) is 0 Å². The van der Waals surface area contributed by atoms with Gasteiger partial charge in [-0.3, -0.25) is 9.59 Å². The Bertz CT molecular complexity index is 1060. The smallest absolute Gasteiger partial charge is 0.273 e. The predicted molar refractivity (Wildman–Crippen MR) is 134 cm³/mol. The molecule has 2 aliphatic rings. The number of rotatable bonds is 6. The second kappa shape index (κ2) is 9.60. The van der Waals surface area contributed by atoms with E-state index in [0.29, 0.717) is 56.1 Å². The third-order valence-corrected chi connectivity index (χ3v) is 6.87. The molecule has 1 aromatic carbocycles. The molecule has 1 fully saturated rings. The fourth-order valence-electron chi connectivity index (χ4n) is 4.53. The van der Waals surface area contributed by atoms with Crippen LogP contribution in [0.25, 0.3) is 0 Å². The minimum Gasteiger partial charge on any atom is -0.363 e. The van der Waals surface area contributed by atoms with Crippen molar-refractivity contribution in [3.05, 3.63) is 46.6 Å². The Labute approximate surface area is 202 Å². The molecule has 3 heterocycles. The van der Waals surface area contributed by atoms with E-state index in [1.54, 1.807) is 6.92 Å². The van der Waals surface area contributed by atoms with E-state index in [4.69, 9.17) is 9.97 Å². The maximum Gasteiger partial charge on any atom is 0.273 e. The van der Waals surface area contributed by atoms with Crippen LogP contribution in [0, 0.1) is 0 Å². The van der Waals surface area contributed by atoms with Crippen molar-refractivity contribution in [1.29, 1.82) is 0 Å². The lowest BCUT2D eigenvalue weighted by Gasteiger charge is -2.34. The molecule has 0 saturated carbocycles. The number of nitrogens with zero attached hydrogens (tertiary/aromatic N) is 5. The Morgan fingerprint density at radius 2 is 1.56 bits per heavy atom. The highest BCUT2D eigenvalue weighted by Crippen LogP contribution is 2.32. The summed E-state index contributed by atoms with van der Waals surface area (Å²) in [5.41, 5.74) is 3.82. The zero-order chi connectivity index (χ0) is 24.6. The van der Waals surface area contributed by atoms with Crippen LogP contribution in [0.4, 0.5) is 11.8 Å². The third-order valence-electron chi connectivity index (χ3n) is 6.87. The highest BCUT2D eigenvalue weighted by atomic mass is 16.2. The Morgan fingerprint density at radius 3 is 2.12 bits per heavy atom. The summed E-state index contributed by atoms with van der Waals surface area (Å²) >= 11 is 0. The normalized spacial score (nSPS) is 16.9. The van der Waals surface area contributed by atoms with Crippen LogP contribution in [-0.2, 0) is 11.3 Å². The average molecular weight is 465 g/mol. The summed E-state index contributed by atoms with van der Waals surface area (Å²) in [4.78, 5) is 40.2. The lowest BCUT2D eigenvalue weighted by Crippen LogP contribution is -2.48. The number of fused-ring (bicyclic) bond motifs is 1. The van der Waals surface area contributed by atoms with E-state index in [1.165, 1.54) is 11.1 Å². The van der Waals surface area contributed by atoms with Gasteiger partial charge >= 0.3 is 0 Å². The number of piperazine rings is 1. The van der Waals surface area contributed by atoms with E-state index in [1.807, 2.05) is 23.6 Å². The Kier molecular flexibility index (Phi) is 6.77. The van der Waals surface area contributed by atoms with Gasteiger partial charge in [0.1, 0.15) is 11.5 Å². The van der Waals surface area contributed by atoms with E-state index in [0.717, 1.165) is 5.56 Å². The van der Waals surface area contributed by atoms with Crippen LogP contribution in [0.1, 0.15) is 80.7 Å². The second-order valence-corrected chi connectivity index (χ2v) is 9.91. The Hall–Kier alpha value is -3.16. The number of hydrogen-bond acceptors (Lipinski definition) is 6. The van der Waals surface area contributed by atoms with E-state index in [2.05, 4.69) is 55.3 Å². The summed E-state index contributed by atoms with van der Waals surface area (Å²) in [6.07, 6.45) is 0. The van der Waals surface area contributed by atoms with Crippen LogP contribution in [0.2, 0.25) is 0 Å². The number of amides is 2. The standard InChI is InChI=1S/C26H36N6O2/c1-16(2)20-7-9-21(10-8-20)18(5)27-24-22-15-32(17(3)4)25(34)23(22)28-26(29-24)31-13-11-30(12-14-31)19(6)33/h7-10,16-18H,11-15H2,1-6H3,(H,27,28,29). The molecule has 0 radical (unpaired) electrons. The van der Waals surface area contributed by atoms with Gasteiger partial charge in [-0.1, -0.05) is 38.1 Å². The molecule has 1 aromatic heterocycles. The molecule has 1 unspecified atom stereocenters. The molecule has 1 N–H and O–H groups in total. The molecule has 0 bridgehead atoms. The van der Waals surface area contributed by atoms with E-state index < -0.39 is 0 Å². The number of hydrogen-bond donors (Lipinski definition) is 1. The van der Waals surface area contributed by atoms with Crippen molar-refractivity contribution in [1.82, 2.24) is 19.8 Å². The van der Waals surface area contributed by atoms with Gasteiger partial charge in [0.15, 0.2) is 0 Å². The fraction of sp³-hybridized carbons (Fsp3) is 0.538. The van der Waals surface area contributed by atoms with Crippen LogP contribution >= 0.6 is 0 Å². The summed E-state index contributed by atoms with van der Waals surface area (Å²) in [6.45, 7) is 15.2. The summed E-state index contributed by atoms with van der Waals surface area (Å²) in [6, 6.07) is 8.76. The SMILES string of the molecule is CC(=O)N1CCN(c2nc(NC(C)c3ccc(C(C)C)cc3)c3c(n2)C(=O)N(C(C)C)C3)CC1. The molecule has 1 saturated heterocycles. The van der Waals surface area contributed by atoms with Gasteiger partial charge in [-0.25, -0.2) is 4.98 Å². The number of benzene rings is 1. The molecule has 182 valence electrons. The first-order valence-electron chi connectivity index (χ1n) is 12.2. The quantitative estimate of drug-likeness (QED) is 0.700. The molecule has 0 spiro atoms. The minimum atomic E-state index is -0.0481. The predicted octanol–water partition coefficient (Wildman–Crippen LogP) is 3.81. The van der Waals surface area contributed by atoms with Crippen LogP contribution in [-0.4, -0.2) is 63.8 Å². The number of carbonyl (C=O) groups excluding carboxylic acids is 2. The molecule has 4 rings (SSSR count). The van der Waals surface area contributed by atoms with Crippen LogP contribution in [0.15, 0.2) is 24.3 Å². The van der Waals surface area contributed by atoms with Gasteiger partial charge in [0, 0.05) is 50.7 Å². The zero-order valence-electron chi connectivity index (χ0n) is 21.1. The molecule has 2 aliphatic heterocycles. The van der Waals surface area contributed by atoms with Gasteiger partial charge < -0.3 is 20.0 Å². The van der Waals surface area contributed by atoms with Gasteiger partial charge in [0.05, 0.1) is 6.54 Å². The molecular formula is C26H36N6O2. The summed E-state index contributed by atoms with van der Waals surface area (Å²) in [7, 11) is 0. The first-order valence-corrected chi connectivity index (χ1v) is 12.2. The number of aromatic nitrogens is 2. The van der Waals surface area contributed by atoms with Crippen molar-refractivity contribution in [2.45, 2.75) is 66.1 Å². The van der Waals surface area contributed by atoms with Crippen molar-refractivity contribution in [3.63, 3.8) is 0 Å². The minimum absolute atomic E-state index is 0.0193. The number of carbonyl (C=O) groups is 2. The maximum absolute atomic E-state index is 13.2. The molecule has 34 heavy (non-hydrogen) atoms. The molecular weight excluding hydrogens is 428 g/mol. The van der Waals surface area contributed by atoms with Crippen molar-refractivity contribution >= 4 is 23.6 Å². The van der Waals surface area contributed by atoms with Gasteiger partial charge in [-0.15, -0.1) is 0 Å².